The molecule has 6 heteroatoms. The molecule has 0 spiro atoms. The first-order chi connectivity index (χ1) is 11.6. The predicted octanol–water partition coefficient (Wildman–Crippen LogP) is 4.04. The van der Waals surface area contributed by atoms with E-state index >= 15 is 0 Å². The Morgan fingerprint density at radius 1 is 1.21 bits per heavy atom. The number of ether oxygens (including phenoxy) is 1. The van der Waals surface area contributed by atoms with Crippen LogP contribution in [-0.2, 0) is 13.1 Å². The molecular weight excluding hydrogens is 331 g/mol. The zero-order chi connectivity index (χ0) is 17.4. The summed E-state index contributed by atoms with van der Waals surface area (Å²) in [6.45, 7) is 4.58. The molecule has 0 aliphatic rings. The highest BCUT2D eigenvalue weighted by Gasteiger charge is 2.06. The molecular formula is C18H18ClFN2O2. The van der Waals surface area contributed by atoms with Gasteiger partial charge in [-0.2, -0.15) is 0 Å². The molecule has 0 saturated heterocycles. The predicted molar refractivity (Wildman–Crippen MR) is 92.6 cm³/mol. The minimum absolute atomic E-state index is 0.0306. The van der Waals surface area contributed by atoms with Crippen LogP contribution < -0.4 is 15.4 Å². The van der Waals surface area contributed by atoms with Gasteiger partial charge in [0.25, 0.3) is 0 Å². The fourth-order valence-electron chi connectivity index (χ4n) is 2.01. The van der Waals surface area contributed by atoms with Gasteiger partial charge in [0.1, 0.15) is 18.2 Å². The van der Waals surface area contributed by atoms with Crippen LogP contribution in [0.1, 0.15) is 11.1 Å². The SMILES string of the molecule is C=CCOc1ccccc1CNC(=O)NCc1ccc(F)c(Cl)c1. The number of hydrogen-bond acceptors (Lipinski definition) is 2. The highest BCUT2D eigenvalue weighted by molar-refractivity contribution is 6.30. The van der Waals surface area contributed by atoms with Crippen LogP contribution in [0.3, 0.4) is 0 Å². The van der Waals surface area contributed by atoms with Crippen LogP contribution in [0.25, 0.3) is 0 Å². The topological polar surface area (TPSA) is 50.4 Å². The van der Waals surface area contributed by atoms with Gasteiger partial charge < -0.3 is 15.4 Å². The summed E-state index contributed by atoms with van der Waals surface area (Å²) in [6.07, 6.45) is 1.66. The lowest BCUT2D eigenvalue weighted by Gasteiger charge is -2.12. The van der Waals surface area contributed by atoms with Crippen LogP contribution in [0, 0.1) is 5.82 Å². The van der Waals surface area contributed by atoms with E-state index in [9.17, 15) is 9.18 Å². The van der Waals surface area contributed by atoms with Crippen LogP contribution in [0.2, 0.25) is 5.02 Å². The summed E-state index contributed by atoms with van der Waals surface area (Å²) < 4.78 is 18.6. The number of hydrogen-bond donors (Lipinski definition) is 2. The van der Waals surface area contributed by atoms with Gasteiger partial charge in [-0.15, -0.1) is 0 Å². The van der Waals surface area contributed by atoms with Crippen molar-refractivity contribution >= 4 is 17.6 Å². The van der Waals surface area contributed by atoms with E-state index in [-0.39, 0.29) is 17.6 Å². The lowest BCUT2D eigenvalue weighted by molar-refractivity contribution is 0.240. The van der Waals surface area contributed by atoms with Crippen LogP contribution >= 0.6 is 11.6 Å². The number of para-hydroxylation sites is 1. The standard InChI is InChI=1S/C18H18ClFN2O2/c1-2-9-24-17-6-4-3-5-14(17)12-22-18(23)21-11-13-7-8-16(20)15(19)10-13/h2-8,10H,1,9,11-12H2,(H2,21,22,23). The van der Waals surface area contributed by atoms with Crippen molar-refractivity contribution < 1.29 is 13.9 Å². The monoisotopic (exact) mass is 348 g/mol. The molecule has 0 heterocycles. The lowest BCUT2D eigenvalue weighted by Crippen LogP contribution is -2.34. The number of benzene rings is 2. The molecule has 126 valence electrons. The Kier molecular flexibility index (Phi) is 6.63. The van der Waals surface area contributed by atoms with E-state index in [0.29, 0.717) is 24.5 Å². The Morgan fingerprint density at radius 2 is 1.96 bits per heavy atom. The lowest BCUT2D eigenvalue weighted by atomic mass is 10.2. The van der Waals surface area contributed by atoms with Crippen molar-refractivity contribution in [2.24, 2.45) is 0 Å². The molecule has 0 bridgehead atoms. The average molecular weight is 349 g/mol. The Bertz CT molecular complexity index is 722. The molecule has 2 amide bonds. The summed E-state index contributed by atoms with van der Waals surface area (Å²) in [4.78, 5) is 11.9. The van der Waals surface area contributed by atoms with E-state index in [2.05, 4.69) is 17.2 Å². The number of carbonyl (C=O) groups is 1. The summed E-state index contributed by atoms with van der Waals surface area (Å²) in [5.41, 5.74) is 1.57. The molecule has 0 unspecified atom stereocenters. The maximum Gasteiger partial charge on any atom is 0.315 e. The van der Waals surface area contributed by atoms with Crippen LogP contribution in [0.4, 0.5) is 9.18 Å². The molecule has 0 aliphatic carbocycles. The number of halogens is 2. The maximum atomic E-state index is 13.1. The van der Waals surface area contributed by atoms with Crippen molar-refractivity contribution in [1.29, 1.82) is 0 Å². The van der Waals surface area contributed by atoms with E-state index in [4.69, 9.17) is 16.3 Å². The Morgan fingerprint density at radius 3 is 2.71 bits per heavy atom. The molecule has 2 N–H and O–H groups in total. The van der Waals surface area contributed by atoms with Gasteiger partial charge in [0.2, 0.25) is 0 Å². The number of rotatable bonds is 7. The average Bonchev–Trinajstić information content (AvgIpc) is 2.59. The Balaban J connectivity index is 1.85. The summed E-state index contributed by atoms with van der Waals surface area (Å²) in [7, 11) is 0. The van der Waals surface area contributed by atoms with E-state index in [1.54, 1.807) is 12.1 Å². The van der Waals surface area contributed by atoms with Crippen molar-refractivity contribution in [2.75, 3.05) is 6.61 Å². The molecule has 0 saturated carbocycles. The first-order valence-electron chi connectivity index (χ1n) is 7.37. The van der Waals surface area contributed by atoms with Crippen molar-refractivity contribution in [3.8, 4) is 5.75 Å². The third-order valence-corrected chi connectivity index (χ3v) is 3.50. The zero-order valence-corrected chi connectivity index (χ0v) is 13.8. The number of carbonyl (C=O) groups excluding carboxylic acids is 1. The van der Waals surface area contributed by atoms with Crippen LogP contribution in [0.5, 0.6) is 5.75 Å². The van der Waals surface area contributed by atoms with Gasteiger partial charge in [-0.1, -0.05) is 48.5 Å². The first-order valence-corrected chi connectivity index (χ1v) is 7.75. The smallest absolute Gasteiger partial charge is 0.315 e. The molecule has 0 aliphatic heterocycles. The number of urea groups is 1. The highest BCUT2D eigenvalue weighted by Crippen LogP contribution is 2.18. The quantitative estimate of drug-likeness (QED) is 0.742. The Hall–Kier alpha value is -2.53. The van der Waals surface area contributed by atoms with Crippen LogP contribution in [-0.4, -0.2) is 12.6 Å². The van der Waals surface area contributed by atoms with Crippen molar-refractivity contribution in [1.82, 2.24) is 10.6 Å². The fraction of sp³-hybridized carbons (Fsp3) is 0.167. The van der Waals surface area contributed by atoms with Crippen molar-refractivity contribution in [3.05, 3.63) is 77.1 Å². The molecule has 2 aromatic rings. The third-order valence-electron chi connectivity index (χ3n) is 3.21. The van der Waals surface area contributed by atoms with Crippen molar-refractivity contribution in [3.63, 3.8) is 0 Å². The van der Waals surface area contributed by atoms with Gasteiger partial charge in [0.15, 0.2) is 0 Å². The van der Waals surface area contributed by atoms with E-state index in [1.165, 1.54) is 12.1 Å². The second-order valence-electron chi connectivity index (χ2n) is 4.99. The van der Waals surface area contributed by atoms with E-state index < -0.39 is 5.82 Å². The van der Waals surface area contributed by atoms with Gasteiger partial charge in [-0.3, -0.25) is 0 Å². The Labute approximate surface area is 145 Å². The largest absolute Gasteiger partial charge is 0.489 e. The third kappa shape index (κ3) is 5.28. The summed E-state index contributed by atoms with van der Waals surface area (Å²) in [5, 5.41) is 5.47. The van der Waals surface area contributed by atoms with Gasteiger partial charge in [0.05, 0.1) is 5.02 Å². The molecule has 24 heavy (non-hydrogen) atoms. The molecule has 0 fully saturated rings. The minimum atomic E-state index is -0.485. The molecule has 2 rings (SSSR count). The normalized spacial score (nSPS) is 10.1. The van der Waals surface area contributed by atoms with Gasteiger partial charge in [0, 0.05) is 18.7 Å². The number of amides is 2. The number of nitrogens with one attached hydrogen (secondary N) is 2. The molecule has 0 atom stereocenters. The maximum absolute atomic E-state index is 13.1. The molecule has 2 aromatic carbocycles. The first kappa shape index (κ1) is 17.8. The summed E-state index contributed by atoms with van der Waals surface area (Å²) >= 11 is 5.71. The second-order valence-corrected chi connectivity index (χ2v) is 5.40. The highest BCUT2D eigenvalue weighted by atomic mass is 35.5. The van der Waals surface area contributed by atoms with Crippen molar-refractivity contribution in [2.45, 2.75) is 13.1 Å². The van der Waals surface area contributed by atoms with Gasteiger partial charge in [-0.25, -0.2) is 9.18 Å². The van der Waals surface area contributed by atoms with E-state index in [1.807, 2.05) is 24.3 Å². The summed E-state index contributed by atoms with van der Waals surface area (Å²) in [6, 6.07) is 11.4. The fourth-order valence-corrected chi connectivity index (χ4v) is 2.21. The minimum Gasteiger partial charge on any atom is -0.489 e. The van der Waals surface area contributed by atoms with Crippen LogP contribution in [0.15, 0.2) is 55.1 Å². The molecule has 0 aromatic heterocycles. The molecule has 4 nitrogen and oxygen atoms in total. The zero-order valence-electron chi connectivity index (χ0n) is 13.0. The van der Waals surface area contributed by atoms with Gasteiger partial charge in [-0.05, 0) is 23.8 Å². The molecule has 0 radical (unpaired) electrons. The second kappa shape index (κ2) is 8.93. The summed E-state index contributed by atoms with van der Waals surface area (Å²) in [5.74, 6) is 0.212. The van der Waals surface area contributed by atoms with Gasteiger partial charge >= 0.3 is 6.03 Å². The van der Waals surface area contributed by atoms with E-state index in [0.717, 1.165) is 5.56 Å².